The van der Waals surface area contributed by atoms with Gasteiger partial charge in [0.25, 0.3) is 0 Å². The lowest BCUT2D eigenvalue weighted by atomic mass is 9.83. The van der Waals surface area contributed by atoms with Gasteiger partial charge in [0.1, 0.15) is 0 Å². The Balaban J connectivity index is 2.12. The molecule has 4 nitrogen and oxygen atoms in total. The molecule has 114 valence electrons. The maximum absolute atomic E-state index is 4.30. The number of aryl methyl sites for hydroxylation is 1. The van der Waals surface area contributed by atoms with Crippen LogP contribution in [0.3, 0.4) is 0 Å². The smallest absolute Gasteiger partial charge is 0.0522 e. The van der Waals surface area contributed by atoms with E-state index in [0.29, 0.717) is 6.04 Å². The van der Waals surface area contributed by atoms with E-state index in [1.165, 1.54) is 44.3 Å². The fourth-order valence-electron chi connectivity index (χ4n) is 3.54. The molecule has 1 fully saturated rings. The van der Waals surface area contributed by atoms with Gasteiger partial charge in [0.2, 0.25) is 0 Å². The first-order chi connectivity index (χ1) is 9.60. The highest BCUT2D eigenvalue weighted by Gasteiger charge is 2.37. The van der Waals surface area contributed by atoms with Crippen LogP contribution in [0.25, 0.3) is 0 Å². The van der Waals surface area contributed by atoms with E-state index in [2.05, 4.69) is 42.4 Å². The molecular formula is C16H30N4. The number of hydrogen-bond donors (Lipinski definition) is 1. The molecule has 1 aliphatic heterocycles. The highest BCUT2D eigenvalue weighted by molar-refractivity contribution is 5.10. The van der Waals surface area contributed by atoms with Crippen LogP contribution in [0.4, 0.5) is 0 Å². The summed E-state index contributed by atoms with van der Waals surface area (Å²) in [6.07, 6.45) is 10.4. The van der Waals surface area contributed by atoms with Crippen LogP contribution in [-0.2, 0) is 13.5 Å². The van der Waals surface area contributed by atoms with E-state index in [9.17, 15) is 0 Å². The zero-order chi connectivity index (χ0) is 14.6. The summed E-state index contributed by atoms with van der Waals surface area (Å²) in [7, 11) is 4.08. The van der Waals surface area contributed by atoms with Crippen molar-refractivity contribution in [1.29, 1.82) is 0 Å². The highest BCUT2D eigenvalue weighted by atomic mass is 15.2. The van der Waals surface area contributed by atoms with E-state index in [1.807, 2.05) is 17.9 Å². The zero-order valence-electron chi connectivity index (χ0n) is 13.5. The molecule has 1 aromatic heterocycles. The standard InChI is InChI=1S/C16H30N4/c1-5-16(2,20-9-7-6-8-10-20)15(17-3)11-14-12-18-19(4)13-14/h12-13,15,17H,5-11H2,1-4H3. The number of hydrogen-bond acceptors (Lipinski definition) is 3. The third-order valence-electron chi connectivity index (χ3n) is 5.09. The van der Waals surface area contributed by atoms with Gasteiger partial charge >= 0.3 is 0 Å². The Kier molecular flexibility index (Phi) is 5.22. The van der Waals surface area contributed by atoms with Crippen molar-refractivity contribution in [2.24, 2.45) is 7.05 Å². The van der Waals surface area contributed by atoms with Crippen LogP contribution < -0.4 is 5.32 Å². The summed E-state index contributed by atoms with van der Waals surface area (Å²) in [5, 5.41) is 7.87. The topological polar surface area (TPSA) is 33.1 Å². The summed E-state index contributed by atoms with van der Waals surface area (Å²) in [6, 6.07) is 0.467. The van der Waals surface area contributed by atoms with Crippen LogP contribution >= 0.6 is 0 Å². The number of aromatic nitrogens is 2. The first-order valence-corrected chi connectivity index (χ1v) is 8.00. The van der Waals surface area contributed by atoms with Crippen LogP contribution in [-0.4, -0.2) is 46.4 Å². The molecule has 1 aliphatic rings. The van der Waals surface area contributed by atoms with Gasteiger partial charge in [-0.15, -0.1) is 0 Å². The van der Waals surface area contributed by atoms with Gasteiger partial charge in [-0.2, -0.15) is 5.10 Å². The predicted molar refractivity (Wildman–Crippen MR) is 83.9 cm³/mol. The van der Waals surface area contributed by atoms with Crippen LogP contribution in [0.2, 0.25) is 0 Å². The van der Waals surface area contributed by atoms with Crippen molar-refractivity contribution in [1.82, 2.24) is 20.0 Å². The quantitative estimate of drug-likeness (QED) is 0.866. The lowest BCUT2D eigenvalue weighted by Crippen LogP contribution is -2.60. The summed E-state index contributed by atoms with van der Waals surface area (Å²) < 4.78 is 1.90. The molecule has 0 amide bonds. The molecule has 2 heterocycles. The number of nitrogens with zero attached hydrogens (tertiary/aromatic N) is 3. The van der Waals surface area contributed by atoms with E-state index < -0.39 is 0 Å². The highest BCUT2D eigenvalue weighted by Crippen LogP contribution is 2.29. The predicted octanol–water partition coefficient (Wildman–Crippen LogP) is 2.21. The van der Waals surface area contributed by atoms with Gasteiger partial charge in [0.05, 0.1) is 6.20 Å². The van der Waals surface area contributed by atoms with Crippen LogP contribution in [0.1, 0.15) is 45.1 Å². The van der Waals surface area contributed by atoms with Gasteiger partial charge in [0, 0.05) is 24.8 Å². The number of likely N-dealkylation sites (tertiary alicyclic amines) is 1. The van der Waals surface area contributed by atoms with E-state index in [4.69, 9.17) is 0 Å². The van der Waals surface area contributed by atoms with Crippen molar-refractivity contribution in [3.63, 3.8) is 0 Å². The SMILES string of the molecule is CCC(C)(C(Cc1cnn(C)c1)NC)N1CCCCC1. The first kappa shape index (κ1) is 15.5. The number of nitrogens with one attached hydrogen (secondary N) is 1. The molecule has 20 heavy (non-hydrogen) atoms. The van der Waals surface area contributed by atoms with Crippen molar-refractivity contribution in [3.8, 4) is 0 Å². The molecule has 0 spiro atoms. The average molecular weight is 278 g/mol. The van der Waals surface area contributed by atoms with Gasteiger partial charge in [-0.05, 0) is 58.3 Å². The molecule has 0 saturated carbocycles. The molecule has 1 N–H and O–H groups in total. The third-order valence-corrected chi connectivity index (χ3v) is 5.09. The van der Waals surface area contributed by atoms with Crippen molar-refractivity contribution in [2.75, 3.05) is 20.1 Å². The Bertz CT molecular complexity index is 408. The number of piperidine rings is 1. The minimum atomic E-state index is 0.227. The van der Waals surface area contributed by atoms with Crippen molar-refractivity contribution < 1.29 is 0 Å². The average Bonchev–Trinajstić information content (AvgIpc) is 2.90. The normalized spacial score (nSPS) is 21.6. The van der Waals surface area contributed by atoms with Gasteiger partial charge in [-0.25, -0.2) is 0 Å². The summed E-state index contributed by atoms with van der Waals surface area (Å²) in [4.78, 5) is 2.70. The van der Waals surface area contributed by atoms with Gasteiger partial charge < -0.3 is 5.32 Å². The fourth-order valence-corrected chi connectivity index (χ4v) is 3.54. The summed E-state index contributed by atoms with van der Waals surface area (Å²) in [5.41, 5.74) is 1.55. The number of likely N-dealkylation sites (N-methyl/N-ethyl adjacent to an activating group) is 1. The fraction of sp³-hybridized carbons (Fsp3) is 0.812. The molecule has 0 aliphatic carbocycles. The monoisotopic (exact) mass is 278 g/mol. The Morgan fingerprint density at radius 1 is 1.35 bits per heavy atom. The molecular weight excluding hydrogens is 248 g/mol. The second-order valence-corrected chi connectivity index (χ2v) is 6.33. The summed E-state index contributed by atoms with van der Waals surface area (Å²) in [5.74, 6) is 0. The molecule has 0 bridgehead atoms. The summed E-state index contributed by atoms with van der Waals surface area (Å²) in [6.45, 7) is 7.24. The Morgan fingerprint density at radius 3 is 2.55 bits per heavy atom. The van der Waals surface area contributed by atoms with Gasteiger partial charge in [0.15, 0.2) is 0 Å². The van der Waals surface area contributed by atoms with Gasteiger partial charge in [-0.3, -0.25) is 9.58 Å². The molecule has 4 heteroatoms. The number of rotatable bonds is 6. The van der Waals surface area contributed by atoms with Crippen LogP contribution in [0.5, 0.6) is 0 Å². The van der Waals surface area contributed by atoms with E-state index >= 15 is 0 Å². The second kappa shape index (κ2) is 6.72. The Morgan fingerprint density at radius 2 is 2.05 bits per heavy atom. The van der Waals surface area contributed by atoms with Crippen molar-refractivity contribution in [2.45, 2.75) is 57.5 Å². The summed E-state index contributed by atoms with van der Waals surface area (Å²) >= 11 is 0. The molecule has 2 unspecified atom stereocenters. The molecule has 1 saturated heterocycles. The van der Waals surface area contributed by atoms with Crippen LogP contribution in [0, 0.1) is 0 Å². The zero-order valence-corrected chi connectivity index (χ0v) is 13.5. The van der Waals surface area contributed by atoms with Crippen molar-refractivity contribution >= 4 is 0 Å². The van der Waals surface area contributed by atoms with Gasteiger partial charge in [-0.1, -0.05) is 13.3 Å². The first-order valence-electron chi connectivity index (χ1n) is 8.00. The molecule has 0 aromatic carbocycles. The second-order valence-electron chi connectivity index (χ2n) is 6.33. The Labute approximate surface area is 123 Å². The molecule has 0 radical (unpaired) electrons. The maximum Gasteiger partial charge on any atom is 0.0522 e. The lowest BCUT2D eigenvalue weighted by Gasteiger charge is -2.48. The van der Waals surface area contributed by atoms with E-state index in [-0.39, 0.29) is 5.54 Å². The maximum atomic E-state index is 4.30. The van der Waals surface area contributed by atoms with Crippen LogP contribution in [0.15, 0.2) is 12.4 Å². The minimum absolute atomic E-state index is 0.227. The third kappa shape index (κ3) is 3.23. The minimum Gasteiger partial charge on any atom is -0.315 e. The lowest BCUT2D eigenvalue weighted by molar-refractivity contribution is 0.0453. The molecule has 2 rings (SSSR count). The molecule has 1 aromatic rings. The van der Waals surface area contributed by atoms with E-state index in [1.54, 1.807) is 0 Å². The van der Waals surface area contributed by atoms with E-state index in [0.717, 1.165) is 6.42 Å². The largest absolute Gasteiger partial charge is 0.315 e. The van der Waals surface area contributed by atoms with Crippen molar-refractivity contribution in [3.05, 3.63) is 18.0 Å². The molecule has 2 atom stereocenters. The Hall–Kier alpha value is -0.870.